The maximum absolute atomic E-state index is 12.8. The molecule has 1 fully saturated rings. The van der Waals surface area contributed by atoms with Crippen LogP contribution < -0.4 is 5.32 Å². The fourth-order valence-electron chi connectivity index (χ4n) is 4.97. The Labute approximate surface area is 230 Å². The zero-order valence-electron chi connectivity index (χ0n) is 22.8. The third kappa shape index (κ3) is 6.38. The highest BCUT2D eigenvalue weighted by molar-refractivity contribution is 6.22. The van der Waals surface area contributed by atoms with Gasteiger partial charge in [-0.25, -0.2) is 4.99 Å². The molecule has 1 aliphatic rings. The molecule has 0 radical (unpaired) electrons. The molecular weight excluding hydrogens is 486 g/mol. The largest absolute Gasteiger partial charge is 0.494 e. The predicted octanol–water partition coefficient (Wildman–Crippen LogP) is 5.32. The lowest BCUT2D eigenvalue weighted by atomic mass is 9.99. The molecule has 0 bridgehead atoms. The number of H-pyrrole nitrogens is 1. The normalized spacial score (nSPS) is 15.1. The van der Waals surface area contributed by atoms with E-state index in [0.29, 0.717) is 23.4 Å². The molecule has 3 N–H and O–H groups in total. The van der Waals surface area contributed by atoms with Gasteiger partial charge in [-0.3, -0.25) is 9.69 Å². The molecule has 4 aromatic rings. The Kier molecular flexibility index (Phi) is 8.39. The van der Waals surface area contributed by atoms with Gasteiger partial charge in [-0.05, 0) is 49.4 Å². The van der Waals surface area contributed by atoms with E-state index in [9.17, 15) is 9.90 Å². The first kappa shape index (κ1) is 26.7. The number of carbonyl (C=O) groups excluding carboxylic acids is 1. The Bertz CT molecular complexity index is 1430. The second-order valence-electron chi connectivity index (χ2n) is 10.3. The van der Waals surface area contributed by atoms with E-state index in [-0.39, 0.29) is 11.8 Å². The van der Waals surface area contributed by atoms with E-state index >= 15 is 0 Å². The molecule has 0 atom stereocenters. The number of amides is 1. The molecule has 0 aliphatic carbocycles. The Hall–Kier alpha value is -3.94. The minimum absolute atomic E-state index is 0.0304. The molecule has 0 unspecified atom stereocenters. The molecular formula is C32H37N5O2. The Morgan fingerprint density at radius 2 is 1.72 bits per heavy atom. The van der Waals surface area contributed by atoms with Gasteiger partial charge in [0.25, 0.3) is 5.91 Å². The van der Waals surface area contributed by atoms with Crippen molar-refractivity contribution in [3.05, 3.63) is 95.1 Å². The van der Waals surface area contributed by atoms with E-state index in [2.05, 4.69) is 46.2 Å². The molecule has 7 nitrogen and oxygen atoms in total. The minimum Gasteiger partial charge on any atom is -0.494 e. The van der Waals surface area contributed by atoms with Crippen LogP contribution in [0.1, 0.15) is 46.8 Å². The maximum Gasteiger partial charge on any atom is 0.251 e. The van der Waals surface area contributed by atoms with Gasteiger partial charge in [-0.1, -0.05) is 55.8 Å². The number of nitrogens with one attached hydrogen (secondary N) is 2. The fraction of sp³-hybridized carbons (Fsp3) is 0.312. The van der Waals surface area contributed by atoms with Crippen molar-refractivity contribution in [3.8, 4) is 5.88 Å². The second-order valence-corrected chi connectivity index (χ2v) is 10.3. The van der Waals surface area contributed by atoms with Crippen LogP contribution in [-0.4, -0.2) is 71.3 Å². The SMILES string of the molecule is CCCCNC(=O)c1ccc2[nH]c(O)c(C(=Nc3ccc(CN4CCN(C)CC4)cc3)c3ccccc3)c2c1. The van der Waals surface area contributed by atoms with Crippen LogP contribution in [0.2, 0.25) is 0 Å². The zero-order valence-corrected chi connectivity index (χ0v) is 22.8. The van der Waals surface area contributed by atoms with E-state index in [4.69, 9.17) is 4.99 Å². The summed E-state index contributed by atoms with van der Waals surface area (Å²) < 4.78 is 0. The highest BCUT2D eigenvalue weighted by Crippen LogP contribution is 2.32. The van der Waals surface area contributed by atoms with Crippen molar-refractivity contribution in [1.29, 1.82) is 0 Å². The molecule has 1 aromatic heterocycles. The standard InChI is InChI=1S/C32H37N5O2/c1-3-4-16-33-31(38)25-12-15-28-27(21-25)29(32(39)35-28)30(24-8-6-5-7-9-24)34-26-13-10-23(11-14-26)22-37-19-17-36(2)18-20-37/h5-15,21,35,39H,3-4,16-20,22H2,1-2H3,(H,33,38). The third-order valence-electron chi connectivity index (χ3n) is 7.32. The highest BCUT2D eigenvalue weighted by Gasteiger charge is 2.20. The van der Waals surface area contributed by atoms with E-state index < -0.39 is 0 Å². The molecule has 1 aliphatic heterocycles. The number of piperazine rings is 1. The second kappa shape index (κ2) is 12.3. The fourth-order valence-corrected chi connectivity index (χ4v) is 4.97. The van der Waals surface area contributed by atoms with Gasteiger partial charge in [-0.2, -0.15) is 0 Å². The monoisotopic (exact) mass is 523 g/mol. The Morgan fingerprint density at radius 1 is 0.974 bits per heavy atom. The van der Waals surface area contributed by atoms with Gasteiger partial charge in [-0.15, -0.1) is 0 Å². The van der Waals surface area contributed by atoms with Crippen LogP contribution in [0, 0.1) is 0 Å². The molecule has 5 rings (SSSR count). The van der Waals surface area contributed by atoms with Crippen LogP contribution >= 0.6 is 0 Å². The summed E-state index contributed by atoms with van der Waals surface area (Å²) in [5.74, 6) is -0.0889. The van der Waals surface area contributed by atoms with E-state index in [1.807, 2.05) is 54.6 Å². The number of likely N-dealkylation sites (N-methyl/N-ethyl adjacent to an activating group) is 1. The number of aromatic hydroxyl groups is 1. The van der Waals surface area contributed by atoms with Gasteiger partial charge < -0.3 is 20.3 Å². The lowest BCUT2D eigenvalue weighted by Gasteiger charge is -2.32. The number of aliphatic imine (C=N–C) groups is 1. The summed E-state index contributed by atoms with van der Waals surface area (Å²) in [5.41, 5.74) is 5.48. The number of rotatable bonds is 9. The van der Waals surface area contributed by atoms with Crippen molar-refractivity contribution in [1.82, 2.24) is 20.1 Å². The number of carbonyl (C=O) groups is 1. The molecule has 2 heterocycles. The molecule has 0 spiro atoms. The summed E-state index contributed by atoms with van der Waals surface area (Å²) in [6.07, 6.45) is 1.95. The van der Waals surface area contributed by atoms with Gasteiger partial charge in [0.1, 0.15) is 0 Å². The number of hydrogen-bond acceptors (Lipinski definition) is 5. The van der Waals surface area contributed by atoms with Crippen LogP contribution in [0.3, 0.4) is 0 Å². The molecule has 1 amide bonds. The van der Waals surface area contributed by atoms with Gasteiger partial charge in [0, 0.05) is 61.3 Å². The van der Waals surface area contributed by atoms with Crippen molar-refractivity contribution in [2.45, 2.75) is 26.3 Å². The third-order valence-corrected chi connectivity index (χ3v) is 7.32. The van der Waals surface area contributed by atoms with Crippen LogP contribution in [-0.2, 0) is 6.54 Å². The van der Waals surface area contributed by atoms with Crippen LogP contribution in [0.5, 0.6) is 5.88 Å². The highest BCUT2D eigenvalue weighted by atomic mass is 16.3. The van der Waals surface area contributed by atoms with E-state index in [1.54, 1.807) is 6.07 Å². The first-order valence-electron chi connectivity index (χ1n) is 13.8. The molecule has 39 heavy (non-hydrogen) atoms. The summed E-state index contributed by atoms with van der Waals surface area (Å²) in [5, 5.41) is 14.8. The van der Waals surface area contributed by atoms with Crippen molar-refractivity contribution < 1.29 is 9.90 Å². The van der Waals surface area contributed by atoms with E-state index in [1.165, 1.54) is 5.56 Å². The first-order valence-corrected chi connectivity index (χ1v) is 13.8. The van der Waals surface area contributed by atoms with Crippen molar-refractivity contribution in [3.63, 3.8) is 0 Å². The zero-order chi connectivity index (χ0) is 27.2. The average molecular weight is 524 g/mol. The van der Waals surface area contributed by atoms with Crippen molar-refractivity contribution >= 4 is 28.2 Å². The lowest BCUT2D eigenvalue weighted by Crippen LogP contribution is -2.43. The summed E-state index contributed by atoms with van der Waals surface area (Å²) >= 11 is 0. The van der Waals surface area contributed by atoms with Crippen LogP contribution in [0.4, 0.5) is 5.69 Å². The predicted molar refractivity (Wildman–Crippen MR) is 158 cm³/mol. The lowest BCUT2D eigenvalue weighted by molar-refractivity contribution is 0.0953. The van der Waals surface area contributed by atoms with Gasteiger partial charge in [0.15, 0.2) is 5.88 Å². The number of hydrogen-bond donors (Lipinski definition) is 3. The smallest absolute Gasteiger partial charge is 0.251 e. The molecule has 0 saturated carbocycles. The molecule has 3 aromatic carbocycles. The summed E-state index contributed by atoms with van der Waals surface area (Å²) in [6.45, 7) is 8.01. The molecule has 202 valence electrons. The van der Waals surface area contributed by atoms with Gasteiger partial charge >= 0.3 is 0 Å². The number of aromatic amines is 1. The Morgan fingerprint density at radius 3 is 2.44 bits per heavy atom. The minimum atomic E-state index is -0.119. The van der Waals surface area contributed by atoms with Gasteiger partial charge in [0.2, 0.25) is 0 Å². The van der Waals surface area contributed by atoms with Gasteiger partial charge in [0.05, 0.1) is 17.0 Å². The first-order chi connectivity index (χ1) is 19.0. The van der Waals surface area contributed by atoms with E-state index in [0.717, 1.165) is 67.7 Å². The number of unbranched alkanes of at least 4 members (excludes halogenated alkanes) is 1. The van der Waals surface area contributed by atoms with Crippen molar-refractivity contribution in [2.24, 2.45) is 4.99 Å². The summed E-state index contributed by atoms with van der Waals surface area (Å²) in [4.78, 5) is 25.7. The number of nitrogens with zero attached hydrogens (tertiary/aromatic N) is 3. The summed E-state index contributed by atoms with van der Waals surface area (Å²) in [7, 11) is 2.17. The van der Waals surface area contributed by atoms with Crippen molar-refractivity contribution in [2.75, 3.05) is 39.8 Å². The maximum atomic E-state index is 12.8. The average Bonchev–Trinajstić information content (AvgIpc) is 3.29. The number of aromatic nitrogens is 1. The van der Waals surface area contributed by atoms with Crippen LogP contribution in [0.15, 0.2) is 77.8 Å². The molecule has 1 saturated heterocycles. The summed E-state index contributed by atoms with van der Waals surface area (Å²) in [6, 6.07) is 23.6. The number of benzene rings is 3. The quantitative estimate of drug-likeness (QED) is 0.205. The Balaban J connectivity index is 1.48. The van der Waals surface area contributed by atoms with Crippen LogP contribution in [0.25, 0.3) is 10.9 Å². The molecule has 7 heteroatoms. The number of fused-ring (bicyclic) bond motifs is 1. The topological polar surface area (TPSA) is 84.0 Å².